The monoisotopic (exact) mass is 474 g/mol. The largest absolute Gasteiger partial charge is 0.335 e. The summed E-state index contributed by atoms with van der Waals surface area (Å²) >= 11 is 6.07. The lowest BCUT2D eigenvalue weighted by Crippen LogP contribution is -2.48. The molecule has 0 radical (unpaired) electrons. The maximum atomic E-state index is 13.6. The molecule has 1 aliphatic rings. The predicted molar refractivity (Wildman–Crippen MR) is 132 cm³/mol. The molecule has 0 bridgehead atoms. The van der Waals surface area contributed by atoms with Gasteiger partial charge in [0.1, 0.15) is 11.5 Å². The zero-order valence-electron chi connectivity index (χ0n) is 18.6. The molecule has 1 saturated heterocycles. The summed E-state index contributed by atoms with van der Waals surface area (Å²) in [5.74, 6) is -0.388. The van der Waals surface area contributed by atoms with Crippen LogP contribution in [0.15, 0.2) is 84.9 Å². The Morgan fingerprint density at radius 3 is 2.24 bits per heavy atom. The third kappa shape index (κ3) is 4.88. The molecular weight excluding hydrogens is 451 g/mol. The van der Waals surface area contributed by atoms with Crippen LogP contribution in [-0.2, 0) is 6.54 Å². The number of aromatic nitrogens is 2. The number of halogens is 2. The number of carbonyl (C=O) groups excluding carboxylic acids is 1. The van der Waals surface area contributed by atoms with E-state index in [1.807, 2.05) is 35.2 Å². The van der Waals surface area contributed by atoms with Gasteiger partial charge in [0.25, 0.3) is 5.91 Å². The number of benzene rings is 3. The molecule has 1 aliphatic heterocycles. The number of hydrogen-bond donors (Lipinski definition) is 0. The van der Waals surface area contributed by atoms with Crippen molar-refractivity contribution in [2.75, 3.05) is 26.2 Å². The zero-order chi connectivity index (χ0) is 23.5. The van der Waals surface area contributed by atoms with E-state index in [-0.39, 0.29) is 11.7 Å². The minimum atomic E-state index is -0.314. The average molecular weight is 475 g/mol. The topological polar surface area (TPSA) is 41.4 Å². The number of rotatable bonds is 5. The Hall–Kier alpha value is -3.48. The fraction of sp³-hybridized carbons (Fsp3) is 0.185. The quantitative estimate of drug-likeness (QED) is 0.394. The Morgan fingerprint density at radius 1 is 0.882 bits per heavy atom. The van der Waals surface area contributed by atoms with Crippen molar-refractivity contribution in [3.63, 3.8) is 0 Å². The highest BCUT2D eigenvalue weighted by atomic mass is 35.5. The van der Waals surface area contributed by atoms with E-state index in [0.717, 1.165) is 30.9 Å². The molecule has 3 aromatic carbocycles. The van der Waals surface area contributed by atoms with E-state index in [1.165, 1.54) is 17.7 Å². The lowest BCUT2D eigenvalue weighted by Gasteiger charge is -2.34. The predicted octanol–water partition coefficient (Wildman–Crippen LogP) is 5.29. The van der Waals surface area contributed by atoms with Crippen molar-refractivity contribution in [3.8, 4) is 16.9 Å². The van der Waals surface area contributed by atoms with Gasteiger partial charge in [-0.1, -0.05) is 41.9 Å². The van der Waals surface area contributed by atoms with Crippen molar-refractivity contribution in [2.24, 2.45) is 0 Å². The SMILES string of the molecule is O=C(c1cc(-c2ccc(F)cc2)nn1-c1ccc(Cl)cc1)N1CCN(Cc2ccccc2)CC1. The summed E-state index contributed by atoms with van der Waals surface area (Å²) in [7, 11) is 0. The second kappa shape index (κ2) is 9.79. The second-order valence-electron chi connectivity index (χ2n) is 8.36. The van der Waals surface area contributed by atoms with Crippen molar-refractivity contribution >= 4 is 17.5 Å². The molecule has 7 heteroatoms. The average Bonchev–Trinajstić information content (AvgIpc) is 3.31. The maximum absolute atomic E-state index is 13.6. The minimum Gasteiger partial charge on any atom is -0.335 e. The molecule has 0 saturated carbocycles. The third-order valence-corrected chi connectivity index (χ3v) is 6.30. The van der Waals surface area contributed by atoms with Crippen LogP contribution in [-0.4, -0.2) is 51.7 Å². The summed E-state index contributed by atoms with van der Waals surface area (Å²) in [5.41, 5.74) is 3.84. The molecule has 5 nitrogen and oxygen atoms in total. The molecule has 0 N–H and O–H groups in total. The van der Waals surface area contributed by atoms with Crippen LogP contribution in [0.3, 0.4) is 0 Å². The highest BCUT2D eigenvalue weighted by Crippen LogP contribution is 2.24. The molecule has 0 atom stereocenters. The number of nitrogens with zero attached hydrogens (tertiary/aromatic N) is 4. The number of piperazine rings is 1. The van der Waals surface area contributed by atoms with Crippen LogP contribution in [0.25, 0.3) is 16.9 Å². The molecular formula is C27H24ClFN4O. The van der Waals surface area contributed by atoms with Gasteiger partial charge in [0, 0.05) is 43.3 Å². The Bertz CT molecular complexity index is 1260. The maximum Gasteiger partial charge on any atom is 0.272 e. The minimum absolute atomic E-state index is 0.0739. The molecule has 1 fully saturated rings. The molecule has 0 unspecified atom stereocenters. The normalized spacial score (nSPS) is 14.4. The van der Waals surface area contributed by atoms with Crippen molar-refractivity contribution in [1.82, 2.24) is 19.6 Å². The summed E-state index contributed by atoms with van der Waals surface area (Å²) in [6.45, 7) is 3.77. The van der Waals surface area contributed by atoms with Crippen LogP contribution in [0, 0.1) is 5.82 Å². The number of amides is 1. The summed E-state index contributed by atoms with van der Waals surface area (Å²) in [6, 6.07) is 25.5. The molecule has 5 rings (SSSR count). The molecule has 0 spiro atoms. The second-order valence-corrected chi connectivity index (χ2v) is 8.80. The standard InChI is InChI=1S/C27H24ClFN4O/c28-22-8-12-24(13-9-22)33-26(18-25(30-33)21-6-10-23(29)11-7-21)27(34)32-16-14-31(15-17-32)19-20-4-2-1-3-5-20/h1-13,18H,14-17,19H2. The lowest BCUT2D eigenvalue weighted by molar-refractivity contribution is 0.0619. The van der Waals surface area contributed by atoms with Crippen LogP contribution < -0.4 is 0 Å². The Kier molecular flexibility index (Phi) is 6.43. The van der Waals surface area contributed by atoms with Gasteiger partial charge in [-0.2, -0.15) is 5.10 Å². The van der Waals surface area contributed by atoms with Crippen LogP contribution in [0.2, 0.25) is 5.02 Å². The van der Waals surface area contributed by atoms with Crippen molar-refractivity contribution in [2.45, 2.75) is 6.54 Å². The van der Waals surface area contributed by atoms with E-state index in [2.05, 4.69) is 22.1 Å². The molecule has 1 aromatic heterocycles. The van der Waals surface area contributed by atoms with Gasteiger partial charge in [0.05, 0.1) is 11.4 Å². The van der Waals surface area contributed by atoms with E-state index < -0.39 is 0 Å². The lowest BCUT2D eigenvalue weighted by atomic mass is 10.1. The van der Waals surface area contributed by atoms with Crippen LogP contribution >= 0.6 is 11.6 Å². The van der Waals surface area contributed by atoms with Gasteiger partial charge < -0.3 is 4.90 Å². The summed E-state index contributed by atoms with van der Waals surface area (Å²) in [4.78, 5) is 17.8. The molecule has 0 aliphatic carbocycles. The van der Waals surface area contributed by atoms with Gasteiger partial charge in [-0.15, -0.1) is 0 Å². The molecule has 34 heavy (non-hydrogen) atoms. The van der Waals surface area contributed by atoms with E-state index in [9.17, 15) is 9.18 Å². The number of hydrogen-bond acceptors (Lipinski definition) is 3. The third-order valence-electron chi connectivity index (χ3n) is 6.05. The van der Waals surface area contributed by atoms with E-state index >= 15 is 0 Å². The van der Waals surface area contributed by atoms with Gasteiger partial charge in [0.2, 0.25) is 0 Å². The first-order valence-electron chi connectivity index (χ1n) is 11.2. The fourth-order valence-electron chi connectivity index (χ4n) is 4.19. The molecule has 1 amide bonds. The van der Waals surface area contributed by atoms with Gasteiger partial charge in [-0.3, -0.25) is 9.69 Å². The summed E-state index contributed by atoms with van der Waals surface area (Å²) in [5, 5.41) is 5.30. The highest BCUT2D eigenvalue weighted by Gasteiger charge is 2.26. The van der Waals surface area contributed by atoms with Gasteiger partial charge in [-0.05, 0) is 60.2 Å². The van der Waals surface area contributed by atoms with E-state index in [1.54, 1.807) is 35.0 Å². The van der Waals surface area contributed by atoms with Gasteiger partial charge in [-0.25, -0.2) is 9.07 Å². The molecule has 2 heterocycles. The smallest absolute Gasteiger partial charge is 0.272 e. The first kappa shape index (κ1) is 22.3. The Morgan fingerprint density at radius 2 is 1.56 bits per heavy atom. The highest BCUT2D eigenvalue weighted by molar-refractivity contribution is 6.30. The first-order valence-corrected chi connectivity index (χ1v) is 11.6. The number of carbonyl (C=O) groups is 1. The zero-order valence-corrected chi connectivity index (χ0v) is 19.3. The Balaban J connectivity index is 1.39. The first-order chi connectivity index (χ1) is 16.6. The van der Waals surface area contributed by atoms with Gasteiger partial charge >= 0.3 is 0 Å². The molecule has 4 aromatic rings. The van der Waals surface area contributed by atoms with E-state index in [4.69, 9.17) is 11.6 Å². The van der Waals surface area contributed by atoms with Crippen molar-refractivity contribution in [1.29, 1.82) is 0 Å². The van der Waals surface area contributed by atoms with Crippen molar-refractivity contribution < 1.29 is 9.18 Å². The molecule has 172 valence electrons. The fourth-order valence-corrected chi connectivity index (χ4v) is 4.31. The van der Waals surface area contributed by atoms with E-state index in [0.29, 0.717) is 29.5 Å². The van der Waals surface area contributed by atoms with Crippen LogP contribution in [0.5, 0.6) is 0 Å². The van der Waals surface area contributed by atoms with Crippen LogP contribution in [0.1, 0.15) is 16.1 Å². The van der Waals surface area contributed by atoms with Crippen LogP contribution in [0.4, 0.5) is 4.39 Å². The van der Waals surface area contributed by atoms with Crippen molar-refractivity contribution in [3.05, 3.63) is 107 Å². The Labute approximate surface area is 203 Å². The van der Waals surface area contributed by atoms with Gasteiger partial charge in [0.15, 0.2) is 0 Å². The summed E-state index contributed by atoms with van der Waals surface area (Å²) < 4.78 is 15.1. The summed E-state index contributed by atoms with van der Waals surface area (Å²) in [6.07, 6.45) is 0.